The van der Waals surface area contributed by atoms with E-state index in [1.54, 1.807) is 0 Å². The molecule has 1 fully saturated rings. The summed E-state index contributed by atoms with van der Waals surface area (Å²) in [6.07, 6.45) is 11.6. The van der Waals surface area contributed by atoms with Gasteiger partial charge in [0.05, 0.1) is 0 Å². The van der Waals surface area contributed by atoms with E-state index < -0.39 is 11.5 Å². The Balaban J connectivity index is 1.95. The zero-order valence-electron chi connectivity index (χ0n) is 11.1. The Morgan fingerprint density at radius 1 is 1.12 bits per heavy atom. The van der Waals surface area contributed by atoms with Gasteiger partial charge in [-0.25, -0.2) is 0 Å². The van der Waals surface area contributed by atoms with Crippen LogP contribution in [0.4, 0.5) is 0 Å². The third-order valence-electron chi connectivity index (χ3n) is 3.86. The van der Waals surface area contributed by atoms with Gasteiger partial charge >= 0.3 is 5.97 Å². The molecule has 3 nitrogen and oxygen atoms in total. The van der Waals surface area contributed by atoms with Crippen LogP contribution in [-0.2, 0) is 4.79 Å². The van der Waals surface area contributed by atoms with Crippen molar-refractivity contribution in [1.82, 2.24) is 5.32 Å². The SMILES string of the molecule is CCCCCCCCCNC1(C(=O)O)CCC1. The molecule has 2 N–H and O–H groups in total. The van der Waals surface area contributed by atoms with Gasteiger partial charge in [-0.3, -0.25) is 4.79 Å². The molecule has 0 unspecified atom stereocenters. The van der Waals surface area contributed by atoms with Crippen LogP contribution in [0.5, 0.6) is 0 Å². The summed E-state index contributed by atoms with van der Waals surface area (Å²) in [6, 6.07) is 0. The van der Waals surface area contributed by atoms with Crippen molar-refractivity contribution in [3.8, 4) is 0 Å². The van der Waals surface area contributed by atoms with Crippen LogP contribution >= 0.6 is 0 Å². The molecule has 0 spiro atoms. The van der Waals surface area contributed by atoms with Crippen molar-refractivity contribution in [2.45, 2.75) is 76.7 Å². The fourth-order valence-electron chi connectivity index (χ4n) is 2.41. The van der Waals surface area contributed by atoms with Crippen molar-refractivity contribution in [3.05, 3.63) is 0 Å². The second kappa shape index (κ2) is 7.70. The van der Waals surface area contributed by atoms with Crippen LogP contribution < -0.4 is 5.32 Å². The Kier molecular flexibility index (Phi) is 6.56. The summed E-state index contributed by atoms with van der Waals surface area (Å²) in [5.41, 5.74) is -0.567. The molecule has 1 rings (SSSR count). The van der Waals surface area contributed by atoms with Gasteiger partial charge in [-0.1, -0.05) is 45.4 Å². The lowest BCUT2D eigenvalue weighted by atomic mass is 9.77. The monoisotopic (exact) mass is 241 g/mol. The molecule has 0 saturated heterocycles. The number of carboxylic acids is 1. The first-order valence-electron chi connectivity index (χ1n) is 7.20. The quantitative estimate of drug-likeness (QED) is 0.577. The molecule has 0 aromatic heterocycles. The second-order valence-corrected chi connectivity index (χ2v) is 5.29. The molecular formula is C14H27NO2. The normalized spacial score (nSPS) is 17.7. The molecule has 0 heterocycles. The molecule has 0 radical (unpaired) electrons. The zero-order valence-corrected chi connectivity index (χ0v) is 11.1. The highest BCUT2D eigenvalue weighted by atomic mass is 16.4. The van der Waals surface area contributed by atoms with Crippen LogP contribution in [0, 0.1) is 0 Å². The molecule has 0 aromatic carbocycles. The maximum Gasteiger partial charge on any atom is 0.323 e. The number of carboxylic acid groups (broad SMARTS) is 1. The highest BCUT2D eigenvalue weighted by Gasteiger charge is 2.43. The summed E-state index contributed by atoms with van der Waals surface area (Å²) in [7, 11) is 0. The standard InChI is InChI=1S/C14H27NO2/c1-2-3-4-5-6-7-8-12-15-14(13(16)17)10-9-11-14/h15H,2-12H2,1H3,(H,16,17). The van der Waals surface area contributed by atoms with Crippen molar-refractivity contribution in [2.24, 2.45) is 0 Å². The Morgan fingerprint density at radius 2 is 1.71 bits per heavy atom. The summed E-state index contributed by atoms with van der Waals surface area (Å²) in [5, 5.41) is 12.4. The van der Waals surface area contributed by atoms with Crippen molar-refractivity contribution in [3.63, 3.8) is 0 Å². The van der Waals surface area contributed by atoms with Crippen LogP contribution in [0.15, 0.2) is 0 Å². The number of aliphatic carboxylic acids is 1. The van der Waals surface area contributed by atoms with Crippen LogP contribution in [0.3, 0.4) is 0 Å². The van der Waals surface area contributed by atoms with E-state index in [9.17, 15) is 4.79 Å². The summed E-state index contributed by atoms with van der Waals surface area (Å²) >= 11 is 0. The highest BCUT2D eigenvalue weighted by molar-refractivity contribution is 5.79. The van der Waals surface area contributed by atoms with E-state index in [2.05, 4.69) is 12.2 Å². The third kappa shape index (κ3) is 4.66. The highest BCUT2D eigenvalue weighted by Crippen LogP contribution is 2.31. The first kappa shape index (κ1) is 14.5. The van der Waals surface area contributed by atoms with Crippen molar-refractivity contribution in [2.75, 3.05) is 6.54 Å². The summed E-state index contributed by atoms with van der Waals surface area (Å²) < 4.78 is 0. The predicted molar refractivity (Wildman–Crippen MR) is 70.2 cm³/mol. The van der Waals surface area contributed by atoms with Gasteiger partial charge in [0.25, 0.3) is 0 Å². The Bertz CT molecular complexity index is 224. The fraction of sp³-hybridized carbons (Fsp3) is 0.929. The molecular weight excluding hydrogens is 214 g/mol. The van der Waals surface area contributed by atoms with E-state index in [0.717, 1.165) is 32.2 Å². The molecule has 1 aliphatic rings. The fourth-order valence-corrected chi connectivity index (χ4v) is 2.41. The molecule has 0 amide bonds. The average molecular weight is 241 g/mol. The lowest BCUT2D eigenvalue weighted by molar-refractivity contribution is -0.148. The second-order valence-electron chi connectivity index (χ2n) is 5.29. The first-order chi connectivity index (χ1) is 8.21. The number of hydrogen-bond donors (Lipinski definition) is 2. The maximum absolute atomic E-state index is 11.1. The Morgan fingerprint density at radius 3 is 2.18 bits per heavy atom. The molecule has 100 valence electrons. The van der Waals surface area contributed by atoms with E-state index in [1.165, 1.54) is 38.5 Å². The van der Waals surface area contributed by atoms with Gasteiger partial charge in [-0.2, -0.15) is 0 Å². The van der Waals surface area contributed by atoms with Gasteiger partial charge in [0, 0.05) is 0 Å². The maximum atomic E-state index is 11.1. The summed E-state index contributed by atoms with van der Waals surface area (Å²) in [5.74, 6) is -0.660. The van der Waals surface area contributed by atoms with E-state index in [1.807, 2.05) is 0 Å². The van der Waals surface area contributed by atoms with Crippen molar-refractivity contribution >= 4 is 5.97 Å². The van der Waals surface area contributed by atoms with E-state index in [-0.39, 0.29) is 0 Å². The third-order valence-corrected chi connectivity index (χ3v) is 3.86. The van der Waals surface area contributed by atoms with Gasteiger partial charge in [-0.05, 0) is 32.2 Å². The number of unbranched alkanes of at least 4 members (excludes halogenated alkanes) is 6. The zero-order chi connectivity index (χ0) is 12.6. The molecule has 3 heteroatoms. The van der Waals surface area contributed by atoms with Gasteiger partial charge < -0.3 is 10.4 Å². The van der Waals surface area contributed by atoms with Crippen molar-refractivity contribution < 1.29 is 9.90 Å². The van der Waals surface area contributed by atoms with Gasteiger partial charge in [0.2, 0.25) is 0 Å². The van der Waals surface area contributed by atoms with Crippen LogP contribution in [-0.4, -0.2) is 23.2 Å². The molecule has 0 atom stereocenters. The molecule has 17 heavy (non-hydrogen) atoms. The molecule has 0 bridgehead atoms. The first-order valence-corrected chi connectivity index (χ1v) is 7.20. The lowest BCUT2D eigenvalue weighted by Gasteiger charge is -2.38. The average Bonchev–Trinajstić information content (AvgIpc) is 2.24. The van der Waals surface area contributed by atoms with Crippen molar-refractivity contribution in [1.29, 1.82) is 0 Å². The molecule has 1 aliphatic carbocycles. The summed E-state index contributed by atoms with van der Waals surface area (Å²) in [4.78, 5) is 11.1. The topological polar surface area (TPSA) is 49.3 Å². The minimum atomic E-state index is -0.660. The van der Waals surface area contributed by atoms with E-state index >= 15 is 0 Å². The van der Waals surface area contributed by atoms with Crippen LogP contribution in [0.2, 0.25) is 0 Å². The van der Waals surface area contributed by atoms with Gasteiger partial charge in [0.15, 0.2) is 0 Å². The molecule has 0 aromatic rings. The lowest BCUT2D eigenvalue weighted by Crippen LogP contribution is -2.57. The van der Waals surface area contributed by atoms with E-state index in [4.69, 9.17) is 5.11 Å². The summed E-state index contributed by atoms with van der Waals surface area (Å²) in [6.45, 7) is 3.09. The Labute approximate surface area is 105 Å². The predicted octanol–water partition coefficient (Wildman–Crippen LogP) is 3.33. The molecule has 0 aliphatic heterocycles. The van der Waals surface area contributed by atoms with Crippen LogP contribution in [0.25, 0.3) is 0 Å². The molecule has 1 saturated carbocycles. The Hall–Kier alpha value is -0.570. The minimum absolute atomic E-state index is 0.567. The number of nitrogens with one attached hydrogen (secondary N) is 1. The smallest absolute Gasteiger partial charge is 0.323 e. The number of rotatable bonds is 10. The number of hydrogen-bond acceptors (Lipinski definition) is 2. The largest absolute Gasteiger partial charge is 0.480 e. The van der Waals surface area contributed by atoms with E-state index in [0.29, 0.717) is 0 Å². The number of carbonyl (C=O) groups is 1. The van der Waals surface area contributed by atoms with Gasteiger partial charge in [0.1, 0.15) is 5.54 Å². The minimum Gasteiger partial charge on any atom is -0.480 e. The van der Waals surface area contributed by atoms with Crippen LogP contribution in [0.1, 0.15) is 71.1 Å². The van der Waals surface area contributed by atoms with Gasteiger partial charge in [-0.15, -0.1) is 0 Å².